The zero-order chi connectivity index (χ0) is 12.1. The van der Waals surface area contributed by atoms with Gasteiger partial charge in [-0.05, 0) is 6.92 Å². The predicted molar refractivity (Wildman–Crippen MR) is 55.5 cm³/mol. The van der Waals surface area contributed by atoms with Gasteiger partial charge in [0.1, 0.15) is 12.8 Å². The molecule has 1 heterocycles. The molecule has 88 valence electrons. The van der Waals surface area contributed by atoms with E-state index in [0.717, 1.165) is 11.3 Å². The standard InChI is InChI=1S/C8H11N3O4S/c1-3-15-7(12)6(10-14-2)5-4-16-8(9)11(5)13/h4,9,13H,3H2,1-2H3/b9-8?,10-6-. The molecule has 0 unspecified atom stereocenters. The number of nitrogens with one attached hydrogen (secondary N) is 1. The fraction of sp³-hybridized carbons (Fsp3) is 0.375. The number of aromatic nitrogens is 1. The molecule has 0 aromatic carbocycles. The summed E-state index contributed by atoms with van der Waals surface area (Å²) in [5.41, 5.74) is -0.114. The van der Waals surface area contributed by atoms with Gasteiger partial charge in [0.15, 0.2) is 0 Å². The lowest BCUT2D eigenvalue weighted by Crippen LogP contribution is -2.24. The molecule has 0 spiro atoms. The average Bonchev–Trinajstić information content (AvgIpc) is 2.57. The van der Waals surface area contributed by atoms with Crippen molar-refractivity contribution in [3.05, 3.63) is 15.9 Å². The van der Waals surface area contributed by atoms with Crippen LogP contribution < -0.4 is 4.80 Å². The van der Waals surface area contributed by atoms with Gasteiger partial charge in [-0.25, -0.2) is 4.79 Å². The zero-order valence-electron chi connectivity index (χ0n) is 8.76. The Kier molecular flexibility index (Phi) is 4.06. The van der Waals surface area contributed by atoms with E-state index in [0.29, 0.717) is 4.73 Å². The van der Waals surface area contributed by atoms with Gasteiger partial charge in [-0.1, -0.05) is 5.16 Å². The van der Waals surface area contributed by atoms with Gasteiger partial charge >= 0.3 is 5.97 Å². The molecular formula is C8H11N3O4S. The summed E-state index contributed by atoms with van der Waals surface area (Å²) in [5.74, 6) is -0.718. The molecule has 0 fully saturated rings. The zero-order valence-corrected chi connectivity index (χ0v) is 9.58. The van der Waals surface area contributed by atoms with E-state index in [1.54, 1.807) is 6.92 Å². The quantitative estimate of drug-likeness (QED) is 0.342. The van der Waals surface area contributed by atoms with Crippen LogP contribution in [0.5, 0.6) is 0 Å². The first kappa shape index (κ1) is 12.2. The Morgan fingerprint density at radius 1 is 1.75 bits per heavy atom. The van der Waals surface area contributed by atoms with Gasteiger partial charge in [0.05, 0.1) is 6.61 Å². The van der Waals surface area contributed by atoms with E-state index in [1.807, 2.05) is 0 Å². The number of hydrogen-bond acceptors (Lipinski definition) is 7. The number of oxime groups is 1. The SMILES string of the molecule is CCOC(=O)/C(=N\OC)c1csc(=N)n1O. The topological polar surface area (TPSA) is 96.9 Å². The first-order chi connectivity index (χ1) is 7.61. The van der Waals surface area contributed by atoms with E-state index in [4.69, 9.17) is 10.1 Å². The molecule has 1 aromatic rings. The summed E-state index contributed by atoms with van der Waals surface area (Å²) in [6, 6.07) is 0. The van der Waals surface area contributed by atoms with Crippen LogP contribution >= 0.6 is 11.3 Å². The number of carbonyl (C=O) groups excluding carboxylic acids is 1. The minimum Gasteiger partial charge on any atom is -0.461 e. The van der Waals surface area contributed by atoms with Crippen molar-refractivity contribution in [1.82, 2.24) is 4.73 Å². The number of rotatable bonds is 4. The molecule has 0 atom stereocenters. The smallest absolute Gasteiger partial charge is 0.362 e. The number of thiazole rings is 1. The van der Waals surface area contributed by atoms with E-state index in [1.165, 1.54) is 12.5 Å². The molecule has 7 nitrogen and oxygen atoms in total. The molecule has 0 aliphatic heterocycles. The number of hydrogen-bond donors (Lipinski definition) is 2. The Labute approximate surface area is 95.0 Å². The molecular weight excluding hydrogens is 234 g/mol. The average molecular weight is 245 g/mol. The van der Waals surface area contributed by atoms with Crippen LogP contribution in [0.15, 0.2) is 10.5 Å². The summed E-state index contributed by atoms with van der Waals surface area (Å²) in [4.78, 5) is 15.9. The van der Waals surface area contributed by atoms with Gasteiger partial charge in [-0.15, -0.1) is 11.3 Å². The van der Waals surface area contributed by atoms with E-state index < -0.39 is 5.97 Å². The van der Waals surface area contributed by atoms with Crippen molar-refractivity contribution in [1.29, 1.82) is 5.41 Å². The summed E-state index contributed by atoms with van der Waals surface area (Å²) < 4.78 is 5.29. The highest BCUT2D eigenvalue weighted by atomic mass is 32.1. The van der Waals surface area contributed by atoms with Crippen molar-refractivity contribution in [2.75, 3.05) is 13.7 Å². The minimum absolute atomic E-state index is 0.0651. The molecule has 0 amide bonds. The third-order valence-electron chi connectivity index (χ3n) is 1.60. The maximum atomic E-state index is 11.5. The van der Waals surface area contributed by atoms with Crippen LogP contribution in [-0.2, 0) is 14.4 Å². The van der Waals surface area contributed by atoms with Crippen LogP contribution in [0.4, 0.5) is 0 Å². The predicted octanol–water partition coefficient (Wildman–Crippen LogP) is 0.180. The third-order valence-corrected chi connectivity index (χ3v) is 2.33. The first-order valence-corrected chi connectivity index (χ1v) is 5.22. The molecule has 0 saturated heterocycles. The van der Waals surface area contributed by atoms with Crippen molar-refractivity contribution >= 4 is 23.0 Å². The maximum Gasteiger partial charge on any atom is 0.362 e. The lowest BCUT2D eigenvalue weighted by atomic mass is 10.3. The van der Waals surface area contributed by atoms with E-state index in [9.17, 15) is 10.0 Å². The van der Waals surface area contributed by atoms with E-state index >= 15 is 0 Å². The van der Waals surface area contributed by atoms with Crippen LogP contribution in [0.25, 0.3) is 0 Å². The van der Waals surface area contributed by atoms with Crippen LogP contribution in [0.2, 0.25) is 0 Å². The van der Waals surface area contributed by atoms with Gasteiger partial charge in [-0.2, -0.15) is 4.73 Å². The second kappa shape index (κ2) is 5.31. The van der Waals surface area contributed by atoms with Crippen molar-refractivity contribution < 1.29 is 19.6 Å². The van der Waals surface area contributed by atoms with Crippen LogP contribution in [0.1, 0.15) is 12.6 Å². The van der Waals surface area contributed by atoms with Crippen molar-refractivity contribution in [3.63, 3.8) is 0 Å². The van der Waals surface area contributed by atoms with Gasteiger partial charge in [-0.3, -0.25) is 5.41 Å². The number of ether oxygens (including phenoxy) is 1. The first-order valence-electron chi connectivity index (χ1n) is 4.34. The fourth-order valence-electron chi connectivity index (χ4n) is 0.956. The highest BCUT2D eigenvalue weighted by Crippen LogP contribution is 2.04. The Morgan fingerprint density at radius 2 is 2.44 bits per heavy atom. The van der Waals surface area contributed by atoms with Gasteiger partial charge in [0, 0.05) is 5.38 Å². The second-order valence-corrected chi connectivity index (χ2v) is 3.44. The summed E-state index contributed by atoms with van der Waals surface area (Å²) in [6.45, 7) is 1.84. The van der Waals surface area contributed by atoms with Crippen LogP contribution in [-0.4, -0.2) is 35.3 Å². The Hall–Kier alpha value is -1.83. The Bertz CT molecular complexity index is 462. The molecule has 0 bridgehead atoms. The summed E-state index contributed by atoms with van der Waals surface area (Å²) in [7, 11) is 1.27. The molecule has 8 heteroatoms. The second-order valence-electron chi connectivity index (χ2n) is 2.58. The van der Waals surface area contributed by atoms with Crippen molar-refractivity contribution in [2.45, 2.75) is 6.92 Å². The third kappa shape index (κ3) is 2.40. The summed E-state index contributed by atoms with van der Waals surface area (Å²) in [5, 5.41) is 21.6. The summed E-state index contributed by atoms with van der Waals surface area (Å²) in [6.07, 6.45) is 0. The van der Waals surface area contributed by atoms with E-state index in [2.05, 4.69) is 9.99 Å². The monoisotopic (exact) mass is 245 g/mol. The van der Waals surface area contributed by atoms with E-state index in [-0.39, 0.29) is 22.8 Å². The highest BCUT2D eigenvalue weighted by Gasteiger charge is 2.21. The van der Waals surface area contributed by atoms with Gasteiger partial charge in [0.25, 0.3) is 0 Å². The fourth-order valence-corrected chi connectivity index (χ4v) is 1.59. The Morgan fingerprint density at radius 3 is 2.88 bits per heavy atom. The van der Waals surface area contributed by atoms with Crippen LogP contribution in [0.3, 0.4) is 0 Å². The largest absolute Gasteiger partial charge is 0.461 e. The van der Waals surface area contributed by atoms with Crippen molar-refractivity contribution in [2.24, 2.45) is 5.16 Å². The highest BCUT2D eigenvalue weighted by molar-refractivity contribution is 7.07. The molecule has 0 radical (unpaired) electrons. The molecule has 1 rings (SSSR count). The van der Waals surface area contributed by atoms with Gasteiger partial charge < -0.3 is 14.8 Å². The number of nitrogens with zero attached hydrogens (tertiary/aromatic N) is 2. The molecule has 0 aliphatic rings. The normalized spacial score (nSPS) is 11.2. The molecule has 1 aromatic heterocycles. The Balaban J connectivity index is 3.13. The molecule has 16 heavy (non-hydrogen) atoms. The maximum absolute atomic E-state index is 11.5. The van der Waals surface area contributed by atoms with Crippen molar-refractivity contribution in [3.8, 4) is 0 Å². The molecule has 0 saturated carbocycles. The molecule has 2 N–H and O–H groups in total. The molecule has 0 aliphatic carbocycles. The number of esters is 1. The van der Waals surface area contributed by atoms with Gasteiger partial charge in [0.2, 0.25) is 10.5 Å². The lowest BCUT2D eigenvalue weighted by Gasteiger charge is -2.04. The minimum atomic E-state index is -0.718. The summed E-state index contributed by atoms with van der Waals surface area (Å²) >= 11 is 0.956. The lowest BCUT2D eigenvalue weighted by molar-refractivity contribution is -0.135. The van der Waals surface area contributed by atoms with Crippen LogP contribution in [0, 0.1) is 5.41 Å². The number of carbonyl (C=O) groups is 1.